The maximum atomic E-state index is 11.8. The van der Waals surface area contributed by atoms with Crippen molar-refractivity contribution in [2.24, 2.45) is 0 Å². The first-order chi connectivity index (χ1) is 8.15. The first-order valence-electron chi connectivity index (χ1n) is 6.04. The van der Waals surface area contributed by atoms with E-state index in [4.69, 9.17) is 10.00 Å². The largest absolute Gasteiger partial charge is 0.381 e. The van der Waals surface area contributed by atoms with Crippen molar-refractivity contribution in [3.05, 3.63) is 0 Å². The Morgan fingerprint density at radius 2 is 2.06 bits per heavy atom. The lowest BCUT2D eigenvalue weighted by Gasteiger charge is -2.31. The first-order valence-corrected chi connectivity index (χ1v) is 6.04. The zero-order valence-electron chi connectivity index (χ0n) is 10.7. The molecule has 1 heterocycles. The van der Waals surface area contributed by atoms with Crippen LogP contribution in [0.2, 0.25) is 0 Å². The Labute approximate surface area is 103 Å². The Morgan fingerprint density at radius 3 is 2.65 bits per heavy atom. The van der Waals surface area contributed by atoms with Crippen LogP contribution in [-0.4, -0.2) is 62.1 Å². The van der Waals surface area contributed by atoms with Crippen molar-refractivity contribution in [1.82, 2.24) is 9.80 Å². The number of nitriles is 1. The van der Waals surface area contributed by atoms with Crippen molar-refractivity contribution in [2.75, 3.05) is 40.4 Å². The highest BCUT2D eigenvalue weighted by Crippen LogP contribution is 2.12. The summed E-state index contributed by atoms with van der Waals surface area (Å²) in [7, 11) is 3.73. The van der Waals surface area contributed by atoms with E-state index in [2.05, 4.69) is 4.90 Å². The van der Waals surface area contributed by atoms with E-state index < -0.39 is 0 Å². The van der Waals surface area contributed by atoms with Crippen molar-refractivity contribution in [2.45, 2.75) is 25.3 Å². The van der Waals surface area contributed by atoms with Gasteiger partial charge in [0.2, 0.25) is 5.91 Å². The summed E-state index contributed by atoms with van der Waals surface area (Å²) in [5, 5.41) is 8.47. The Morgan fingerprint density at radius 1 is 1.41 bits per heavy atom. The summed E-state index contributed by atoms with van der Waals surface area (Å²) in [5.41, 5.74) is 0. The number of likely N-dealkylation sites (N-methyl/N-ethyl adjacent to an activating group) is 2. The number of carbonyl (C=O) groups excluding carboxylic acids is 1. The van der Waals surface area contributed by atoms with Gasteiger partial charge in [0.15, 0.2) is 0 Å². The summed E-state index contributed by atoms with van der Waals surface area (Å²) in [4.78, 5) is 15.6. The number of rotatable bonds is 5. The molecular weight excluding hydrogens is 218 g/mol. The van der Waals surface area contributed by atoms with Gasteiger partial charge in [0.25, 0.3) is 0 Å². The maximum absolute atomic E-state index is 11.8. The van der Waals surface area contributed by atoms with Gasteiger partial charge in [-0.1, -0.05) is 0 Å². The lowest BCUT2D eigenvalue weighted by atomic mass is 10.1. The number of amides is 1. The minimum Gasteiger partial charge on any atom is -0.381 e. The van der Waals surface area contributed by atoms with Crippen LogP contribution >= 0.6 is 0 Å². The predicted octanol–water partition coefficient (Wildman–Crippen LogP) is 0.469. The van der Waals surface area contributed by atoms with Gasteiger partial charge in [-0.15, -0.1) is 0 Å². The molecule has 1 fully saturated rings. The van der Waals surface area contributed by atoms with Gasteiger partial charge < -0.3 is 9.64 Å². The maximum Gasteiger partial charge on any atom is 0.236 e. The normalized spacial score (nSPS) is 16.8. The molecule has 0 aromatic heterocycles. The highest BCUT2D eigenvalue weighted by atomic mass is 16.5. The predicted molar refractivity (Wildman–Crippen MR) is 64.3 cm³/mol. The zero-order chi connectivity index (χ0) is 12.7. The average molecular weight is 239 g/mol. The molecule has 1 aliphatic heterocycles. The minimum atomic E-state index is 0.0780. The summed E-state index contributed by atoms with van der Waals surface area (Å²) >= 11 is 0. The van der Waals surface area contributed by atoms with Gasteiger partial charge in [-0.05, 0) is 19.9 Å². The third kappa shape index (κ3) is 4.72. The quantitative estimate of drug-likeness (QED) is 0.700. The van der Waals surface area contributed by atoms with Crippen LogP contribution in [0.1, 0.15) is 19.3 Å². The lowest BCUT2D eigenvalue weighted by molar-refractivity contribution is -0.131. The molecule has 0 radical (unpaired) electrons. The number of nitrogens with zero attached hydrogens (tertiary/aromatic N) is 3. The molecular formula is C12H21N3O2. The number of hydrogen-bond acceptors (Lipinski definition) is 4. The summed E-state index contributed by atoms with van der Waals surface area (Å²) in [6.07, 6.45) is 2.38. The van der Waals surface area contributed by atoms with E-state index in [0.717, 1.165) is 26.1 Å². The number of ether oxygens (including phenoxy) is 1. The topological polar surface area (TPSA) is 56.6 Å². The Kier molecular flexibility index (Phi) is 5.95. The summed E-state index contributed by atoms with van der Waals surface area (Å²) in [6.45, 7) is 2.50. The van der Waals surface area contributed by atoms with Crippen molar-refractivity contribution in [3.8, 4) is 6.07 Å². The molecule has 5 nitrogen and oxygen atoms in total. The van der Waals surface area contributed by atoms with Gasteiger partial charge in [-0.25, -0.2) is 0 Å². The van der Waals surface area contributed by atoms with Gasteiger partial charge >= 0.3 is 0 Å². The summed E-state index contributed by atoms with van der Waals surface area (Å²) < 4.78 is 5.30. The third-order valence-electron chi connectivity index (χ3n) is 3.18. The molecule has 0 spiro atoms. The standard InChI is InChI=1S/C12H21N3O2/c1-14(7-3-6-13)12(16)10-15(2)11-4-8-17-9-5-11/h11H,3-5,7-10H2,1-2H3. The van der Waals surface area contributed by atoms with Crippen molar-refractivity contribution >= 4 is 5.91 Å². The molecule has 1 amide bonds. The minimum absolute atomic E-state index is 0.0780. The first kappa shape index (κ1) is 13.9. The molecule has 0 atom stereocenters. The van der Waals surface area contributed by atoms with Crippen LogP contribution in [0.5, 0.6) is 0 Å². The second-order valence-corrected chi connectivity index (χ2v) is 4.48. The molecule has 1 saturated heterocycles. The smallest absolute Gasteiger partial charge is 0.236 e. The molecule has 5 heteroatoms. The lowest BCUT2D eigenvalue weighted by Crippen LogP contribution is -2.43. The fourth-order valence-electron chi connectivity index (χ4n) is 1.93. The van der Waals surface area contributed by atoms with Crippen molar-refractivity contribution in [1.29, 1.82) is 5.26 Å². The molecule has 17 heavy (non-hydrogen) atoms. The van der Waals surface area contributed by atoms with Crippen LogP contribution in [0.3, 0.4) is 0 Å². The van der Waals surface area contributed by atoms with Crippen LogP contribution in [0.25, 0.3) is 0 Å². The highest BCUT2D eigenvalue weighted by Gasteiger charge is 2.21. The van der Waals surface area contributed by atoms with Gasteiger partial charge in [0.1, 0.15) is 0 Å². The van der Waals surface area contributed by atoms with Crippen molar-refractivity contribution < 1.29 is 9.53 Å². The molecule has 0 aromatic rings. The second-order valence-electron chi connectivity index (χ2n) is 4.48. The molecule has 0 saturated carbocycles. The van der Waals surface area contributed by atoms with E-state index >= 15 is 0 Å². The van der Waals surface area contributed by atoms with Gasteiger partial charge in [-0.2, -0.15) is 5.26 Å². The molecule has 0 N–H and O–H groups in total. The molecule has 0 aromatic carbocycles. The van der Waals surface area contributed by atoms with Crippen LogP contribution in [0, 0.1) is 11.3 Å². The molecule has 1 aliphatic rings. The van der Waals surface area contributed by atoms with Crippen LogP contribution in [-0.2, 0) is 9.53 Å². The van der Waals surface area contributed by atoms with Crippen LogP contribution in [0.4, 0.5) is 0 Å². The molecule has 96 valence electrons. The van der Waals surface area contributed by atoms with E-state index in [1.165, 1.54) is 0 Å². The molecule has 1 rings (SSSR count). The fourth-order valence-corrected chi connectivity index (χ4v) is 1.93. The van der Waals surface area contributed by atoms with Gasteiger partial charge in [0, 0.05) is 32.8 Å². The highest BCUT2D eigenvalue weighted by molar-refractivity contribution is 5.78. The van der Waals surface area contributed by atoms with E-state index in [1.807, 2.05) is 13.1 Å². The van der Waals surface area contributed by atoms with Gasteiger partial charge in [-0.3, -0.25) is 9.69 Å². The monoisotopic (exact) mass is 239 g/mol. The SMILES string of the molecule is CN(CCC#N)C(=O)CN(C)C1CCOCC1. The molecule has 0 aliphatic carbocycles. The Bertz CT molecular complexity index is 282. The van der Waals surface area contributed by atoms with Crippen LogP contribution < -0.4 is 0 Å². The van der Waals surface area contributed by atoms with E-state index in [-0.39, 0.29) is 5.91 Å². The summed E-state index contributed by atoms with van der Waals surface area (Å²) in [5.74, 6) is 0.0780. The Hall–Kier alpha value is -1.12. The molecule has 0 unspecified atom stereocenters. The van der Waals surface area contributed by atoms with E-state index in [9.17, 15) is 4.79 Å². The number of carbonyl (C=O) groups is 1. The van der Waals surface area contributed by atoms with Crippen molar-refractivity contribution in [3.63, 3.8) is 0 Å². The van der Waals surface area contributed by atoms with Gasteiger partial charge in [0.05, 0.1) is 19.0 Å². The Balaban J connectivity index is 2.31. The summed E-state index contributed by atoms with van der Waals surface area (Å²) in [6, 6.07) is 2.49. The number of hydrogen-bond donors (Lipinski definition) is 0. The third-order valence-corrected chi connectivity index (χ3v) is 3.18. The average Bonchev–Trinajstić information content (AvgIpc) is 2.36. The van der Waals surface area contributed by atoms with E-state index in [1.54, 1.807) is 11.9 Å². The van der Waals surface area contributed by atoms with Crippen LogP contribution in [0.15, 0.2) is 0 Å². The van der Waals surface area contributed by atoms with E-state index in [0.29, 0.717) is 25.6 Å². The fraction of sp³-hybridized carbons (Fsp3) is 0.833. The zero-order valence-corrected chi connectivity index (χ0v) is 10.7. The molecule has 0 bridgehead atoms. The second kappa shape index (κ2) is 7.25.